The van der Waals surface area contributed by atoms with E-state index >= 15 is 0 Å². The number of methoxy groups -OCH3 is 1. The van der Waals surface area contributed by atoms with Gasteiger partial charge in [0.25, 0.3) is 0 Å². The topological polar surface area (TPSA) is 71.6 Å². The van der Waals surface area contributed by atoms with Crippen LogP contribution in [0, 0.1) is 13.8 Å². The molecule has 1 aliphatic heterocycles. The summed E-state index contributed by atoms with van der Waals surface area (Å²) in [5.74, 6) is -0.428. The lowest BCUT2D eigenvalue weighted by atomic mass is 10.0. The Bertz CT molecular complexity index is 579. The van der Waals surface area contributed by atoms with Crippen molar-refractivity contribution in [1.29, 1.82) is 0 Å². The van der Waals surface area contributed by atoms with E-state index in [4.69, 9.17) is 9.47 Å². The Hall–Kier alpha value is -1.66. The number of hydrogen-bond acceptors (Lipinski definition) is 5. The second kappa shape index (κ2) is 6.62. The Balaban J connectivity index is 2.24. The number of nitrogens with one attached hydrogen (secondary N) is 1. The number of nitrogens with zero attached hydrogens (tertiary/aromatic N) is 1. The fraction of sp³-hybridized carbons (Fsp3) is 0.625. The first-order valence-corrected chi connectivity index (χ1v) is 7.54. The highest BCUT2D eigenvalue weighted by Crippen LogP contribution is 2.22. The minimum atomic E-state index is -0.419. The van der Waals surface area contributed by atoms with E-state index < -0.39 is 5.97 Å². The van der Waals surface area contributed by atoms with Crippen molar-refractivity contribution in [2.75, 3.05) is 26.8 Å². The van der Waals surface area contributed by atoms with Crippen LogP contribution in [0.15, 0.2) is 0 Å². The first kappa shape index (κ1) is 16.7. The molecule has 122 valence electrons. The number of aromatic nitrogens is 1. The number of aromatic amines is 1. The molecule has 0 spiro atoms. The smallest absolute Gasteiger partial charge is 0.339 e. The van der Waals surface area contributed by atoms with E-state index in [0.29, 0.717) is 29.1 Å². The van der Waals surface area contributed by atoms with Gasteiger partial charge >= 0.3 is 5.97 Å². The van der Waals surface area contributed by atoms with Crippen molar-refractivity contribution in [3.05, 3.63) is 22.5 Å². The molecule has 1 fully saturated rings. The molecular weight excluding hydrogens is 284 g/mol. The van der Waals surface area contributed by atoms with Crippen molar-refractivity contribution in [3.63, 3.8) is 0 Å². The first-order chi connectivity index (χ1) is 10.4. The van der Waals surface area contributed by atoms with Crippen molar-refractivity contribution in [1.82, 2.24) is 9.88 Å². The zero-order chi connectivity index (χ0) is 16.4. The van der Waals surface area contributed by atoms with Gasteiger partial charge in [0.2, 0.25) is 0 Å². The van der Waals surface area contributed by atoms with Gasteiger partial charge in [-0.25, -0.2) is 4.79 Å². The summed E-state index contributed by atoms with van der Waals surface area (Å²) in [6.07, 6.45) is 0.126. The molecule has 0 amide bonds. The fourth-order valence-corrected chi connectivity index (χ4v) is 2.98. The third-order valence-corrected chi connectivity index (χ3v) is 4.27. The van der Waals surface area contributed by atoms with E-state index in [1.54, 1.807) is 13.8 Å². The van der Waals surface area contributed by atoms with Gasteiger partial charge in [0.05, 0.1) is 37.1 Å². The molecule has 0 unspecified atom stereocenters. The molecule has 0 aliphatic carbocycles. The van der Waals surface area contributed by atoms with Gasteiger partial charge in [-0.15, -0.1) is 0 Å². The summed E-state index contributed by atoms with van der Waals surface area (Å²) in [4.78, 5) is 29.8. The van der Waals surface area contributed by atoms with Crippen molar-refractivity contribution in [3.8, 4) is 0 Å². The maximum Gasteiger partial charge on any atom is 0.339 e. The molecule has 22 heavy (non-hydrogen) atoms. The zero-order valence-electron chi connectivity index (χ0n) is 13.9. The van der Waals surface area contributed by atoms with Crippen LogP contribution in [0.1, 0.15) is 46.0 Å². The summed E-state index contributed by atoms with van der Waals surface area (Å²) in [5, 5.41) is 0. The number of hydrogen-bond donors (Lipinski definition) is 1. The lowest BCUT2D eigenvalue weighted by molar-refractivity contribution is -0.0278. The molecular formula is C16H24N2O4. The average molecular weight is 308 g/mol. The Morgan fingerprint density at radius 2 is 2.09 bits per heavy atom. The lowest BCUT2D eigenvalue weighted by Crippen LogP contribution is -2.48. The lowest BCUT2D eigenvalue weighted by Gasteiger charge is -2.34. The molecule has 1 saturated heterocycles. The highest BCUT2D eigenvalue weighted by Gasteiger charge is 2.30. The number of aryl methyl sites for hydroxylation is 1. The molecule has 1 aromatic rings. The molecule has 2 heterocycles. The standard InChI is InChI=1S/C16H24N2O4/c1-9-8-18(6-7-22-9)12(4)15(19)14-10(2)13(11(3)17-14)16(20)21-5/h9,12,17H,6-8H2,1-5H3/t9-,12-/m0/s1. The maximum absolute atomic E-state index is 12.8. The van der Waals surface area contributed by atoms with Crippen LogP contribution in [0.3, 0.4) is 0 Å². The molecule has 1 aromatic heterocycles. The molecule has 1 N–H and O–H groups in total. The second-order valence-electron chi connectivity index (χ2n) is 5.83. The van der Waals surface area contributed by atoms with Gasteiger partial charge in [0.15, 0.2) is 5.78 Å². The number of rotatable bonds is 4. The average Bonchev–Trinajstić information content (AvgIpc) is 2.80. The number of esters is 1. The molecule has 0 bridgehead atoms. The molecule has 2 atom stereocenters. The largest absolute Gasteiger partial charge is 0.465 e. The van der Waals surface area contributed by atoms with Crippen LogP contribution >= 0.6 is 0 Å². The third kappa shape index (κ3) is 3.08. The predicted octanol–water partition coefficient (Wildman–Crippen LogP) is 1.71. The third-order valence-electron chi connectivity index (χ3n) is 4.27. The van der Waals surface area contributed by atoms with Crippen LogP contribution < -0.4 is 0 Å². The number of morpholine rings is 1. The highest BCUT2D eigenvalue weighted by molar-refractivity contribution is 6.03. The summed E-state index contributed by atoms with van der Waals surface area (Å²) >= 11 is 0. The van der Waals surface area contributed by atoms with Gasteiger partial charge in [-0.05, 0) is 33.3 Å². The molecule has 6 heteroatoms. The van der Waals surface area contributed by atoms with Gasteiger partial charge in [-0.1, -0.05) is 0 Å². The minimum absolute atomic E-state index is 0.00940. The van der Waals surface area contributed by atoms with E-state index in [0.717, 1.165) is 13.1 Å². The van der Waals surface area contributed by atoms with Crippen LogP contribution in [0.25, 0.3) is 0 Å². The van der Waals surface area contributed by atoms with Crippen molar-refractivity contribution >= 4 is 11.8 Å². The van der Waals surface area contributed by atoms with Crippen molar-refractivity contribution in [2.45, 2.75) is 39.8 Å². The number of H-pyrrole nitrogens is 1. The molecule has 0 aromatic carbocycles. The first-order valence-electron chi connectivity index (χ1n) is 7.54. The van der Waals surface area contributed by atoms with Crippen LogP contribution in [0.5, 0.6) is 0 Å². The number of ketones is 1. The quantitative estimate of drug-likeness (QED) is 0.677. The minimum Gasteiger partial charge on any atom is -0.465 e. The van der Waals surface area contributed by atoms with Crippen LogP contribution in [-0.2, 0) is 9.47 Å². The van der Waals surface area contributed by atoms with Gasteiger partial charge in [-0.3, -0.25) is 9.69 Å². The molecule has 2 rings (SSSR count). The van der Waals surface area contributed by atoms with Crippen molar-refractivity contribution < 1.29 is 19.1 Å². The van der Waals surface area contributed by atoms with E-state index in [-0.39, 0.29) is 17.9 Å². The number of carbonyl (C=O) groups is 2. The Morgan fingerprint density at radius 3 is 2.68 bits per heavy atom. The maximum atomic E-state index is 12.8. The number of Topliss-reactive ketones (excluding diaryl/α,β-unsaturated/α-hetero) is 1. The van der Waals surface area contributed by atoms with Gasteiger partial charge in [0.1, 0.15) is 0 Å². The summed E-state index contributed by atoms with van der Waals surface area (Å²) in [6.45, 7) is 9.55. The van der Waals surface area contributed by atoms with Crippen LogP contribution in [0.2, 0.25) is 0 Å². The summed E-state index contributed by atoms with van der Waals surface area (Å²) in [6, 6.07) is -0.256. The number of ether oxygens (including phenoxy) is 2. The second-order valence-corrected chi connectivity index (χ2v) is 5.83. The van der Waals surface area contributed by atoms with E-state index in [1.165, 1.54) is 7.11 Å². The molecule has 0 saturated carbocycles. The molecule has 6 nitrogen and oxygen atoms in total. The zero-order valence-corrected chi connectivity index (χ0v) is 13.9. The molecule has 1 aliphatic rings. The summed E-state index contributed by atoms with van der Waals surface area (Å²) in [7, 11) is 1.34. The SMILES string of the molecule is COC(=O)c1c(C)[nH]c(C(=O)[C@H](C)N2CCO[C@@H](C)C2)c1C. The number of carbonyl (C=O) groups excluding carboxylic acids is 2. The monoisotopic (exact) mass is 308 g/mol. The van der Waals surface area contributed by atoms with Gasteiger partial charge in [0, 0.05) is 18.8 Å². The van der Waals surface area contributed by atoms with Crippen LogP contribution in [0.4, 0.5) is 0 Å². The van der Waals surface area contributed by atoms with Crippen LogP contribution in [-0.4, -0.2) is 60.6 Å². The summed E-state index contributed by atoms with van der Waals surface area (Å²) in [5.41, 5.74) is 2.26. The van der Waals surface area contributed by atoms with Crippen molar-refractivity contribution in [2.24, 2.45) is 0 Å². The molecule has 0 radical (unpaired) electrons. The normalized spacial score (nSPS) is 20.7. The Morgan fingerprint density at radius 1 is 1.41 bits per heavy atom. The fourth-order valence-electron chi connectivity index (χ4n) is 2.98. The Labute approximate surface area is 130 Å². The van der Waals surface area contributed by atoms with E-state index in [1.807, 2.05) is 13.8 Å². The highest BCUT2D eigenvalue weighted by atomic mass is 16.5. The van der Waals surface area contributed by atoms with Gasteiger partial charge < -0.3 is 14.5 Å². The van der Waals surface area contributed by atoms with Gasteiger partial charge in [-0.2, -0.15) is 0 Å². The Kier molecular flexibility index (Phi) is 5.03. The summed E-state index contributed by atoms with van der Waals surface area (Å²) < 4.78 is 10.3. The predicted molar refractivity (Wildman–Crippen MR) is 82.4 cm³/mol. The van der Waals surface area contributed by atoms with E-state index in [2.05, 4.69) is 9.88 Å². The van der Waals surface area contributed by atoms with E-state index in [9.17, 15) is 9.59 Å².